The van der Waals surface area contributed by atoms with E-state index in [0.717, 1.165) is 18.7 Å². The predicted molar refractivity (Wildman–Crippen MR) is 59.1 cm³/mol. The molecule has 0 heterocycles. The van der Waals surface area contributed by atoms with Crippen molar-refractivity contribution in [3.8, 4) is 6.07 Å². The van der Waals surface area contributed by atoms with E-state index >= 15 is 0 Å². The molecule has 0 atom stereocenters. The second-order valence-electron chi connectivity index (χ2n) is 3.32. The maximum atomic E-state index is 8.60. The smallest absolute Gasteiger partial charge is 0.0991 e. The number of hydrogen-bond acceptors (Lipinski definition) is 2. The summed E-state index contributed by atoms with van der Waals surface area (Å²) in [6.07, 6.45) is 0.972. The lowest BCUT2D eigenvalue weighted by atomic mass is 10.2. The Hall–Kier alpha value is -1.75. The van der Waals surface area contributed by atoms with Crippen LogP contribution >= 0.6 is 0 Å². The lowest BCUT2D eigenvalue weighted by molar-refractivity contribution is 1.00. The number of nitriles is 1. The number of benzene rings is 1. The Morgan fingerprint density at radius 2 is 2.07 bits per heavy atom. The fourth-order valence-corrected chi connectivity index (χ4v) is 1.08. The third kappa shape index (κ3) is 3.32. The van der Waals surface area contributed by atoms with Gasteiger partial charge in [-0.15, -0.1) is 6.58 Å². The molecule has 0 saturated heterocycles. The summed E-state index contributed by atoms with van der Waals surface area (Å²) in [7, 11) is 0. The summed E-state index contributed by atoms with van der Waals surface area (Å²) in [5.41, 5.74) is 2.91. The molecule has 0 spiro atoms. The van der Waals surface area contributed by atoms with Crippen molar-refractivity contribution in [3.05, 3.63) is 42.0 Å². The number of nitrogens with zero attached hydrogens (tertiary/aromatic N) is 1. The van der Waals surface area contributed by atoms with Crippen LogP contribution in [0.3, 0.4) is 0 Å². The van der Waals surface area contributed by atoms with Gasteiger partial charge in [0, 0.05) is 12.2 Å². The van der Waals surface area contributed by atoms with Crippen LogP contribution in [0.4, 0.5) is 5.69 Å². The molecule has 0 aliphatic heterocycles. The molecule has 0 aliphatic carbocycles. The Bertz CT molecular complexity index is 344. The Labute approximate surface area is 84.9 Å². The summed E-state index contributed by atoms with van der Waals surface area (Å²) in [6, 6.07) is 9.53. The normalized spacial score (nSPS) is 9.14. The zero-order valence-electron chi connectivity index (χ0n) is 8.38. The van der Waals surface area contributed by atoms with Gasteiger partial charge >= 0.3 is 0 Å². The second kappa shape index (κ2) is 5.08. The second-order valence-corrected chi connectivity index (χ2v) is 3.32. The summed E-state index contributed by atoms with van der Waals surface area (Å²) in [4.78, 5) is 0. The fourth-order valence-electron chi connectivity index (χ4n) is 1.08. The van der Waals surface area contributed by atoms with Crippen molar-refractivity contribution in [2.45, 2.75) is 13.3 Å². The fraction of sp³-hybridized carbons (Fsp3) is 0.250. The van der Waals surface area contributed by atoms with Crippen LogP contribution in [0.15, 0.2) is 36.4 Å². The van der Waals surface area contributed by atoms with E-state index in [1.807, 2.05) is 31.2 Å². The van der Waals surface area contributed by atoms with Gasteiger partial charge in [-0.3, -0.25) is 0 Å². The quantitative estimate of drug-likeness (QED) is 0.734. The van der Waals surface area contributed by atoms with Crippen LogP contribution in [0.5, 0.6) is 0 Å². The minimum atomic E-state index is 0.690. The Morgan fingerprint density at radius 1 is 1.43 bits per heavy atom. The summed E-state index contributed by atoms with van der Waals surface area (Å²) in [6.45, 7) is 6.74. The molecule has 0 aromatic heterocycles. The Kier molecular flexibility index (Phi) is 3.75. The molecule has 72 valence electrons. The minimum absolute atomic E-state index is 0.690. The molecule has 0 fully saturated rings. The molecule has 2 nitrogen and oxygen atoms in total. The SMILES string of the molecule is C=C(C)CCNc1ccc(C#N)cc1. The molecule has 0 amide bonds. The van der Waals surface area contributed by atoms with Gasteiger partial charge in [-0.05, 0) is 37.6 Å². The average molecular weight is 186 g/mol. The van der Waals surface area contributed by atoms with Gasteiger partial charge in [-0.2, -0.15) is 5.26 Å². The summed E-state index contributed by atoms with van der Waals surface area (Å²) in [5, 5.41) is 11.9. The first-order valence-corrected chi connectivity index (χ1v) is 4.61. The van der Waals surface area contributed by atoms with Gasteiger partial charge < -0.3 is 5.32 Å². The van der Waals surface area contributed by atoms with Crippen molar-refractivity contribution in [1.29, 1.82) is 5.26 Å². The molecule has 1 aromatic rings. The van der Waals surface area contributed by atoms with E-state index in [1.54, 1.807) is 0 Å². The van der Waals surface area contributed by atoms with Crippen molar-refractivity contribution in [2.24, 2.45) is 0 Å². The average Bonchev–Trinajstić information content (AvgIpc) is 2.18. The third-order valence-corrected chi connectivity index (χ3v) is 1.89. The molecular formula is C12H14N2. The molecule has 0 unspecified atom stereocenters. The van der Waals surface area contributed by atoms with E-state index in [9.17, 15) is 0 Å². The van der Waals surface area contributed by atoms with Crippen molar-refractivity contribution in [3.63, 3.8) is 0 Å². The largest absolute Gasteiger partial charge is 0.385 e. The van der Waals surface area contributed by atoms with Crippen molar-refractivity contribution in [1.82, 2.24) is 0 Å². The van der Waals surface area contributed by atoms with Gasteiger partial charge in [0.2, 0.25) is 0 Å². The van der Waals surface area contributed by atoms with E-state index in [-0.39, 0.29) is 0 Å². The van der Waals surface area contributed by atoms with Crippen LogP contribution in [-0.4, -0.2) is 6.54 Å². The molecule has 2 heteroatoms. The highest BCUT2D eigenvalue weighted by atomic mass is 14.9. The highest BCUT2D eigenvalue weighted by Gasteiger charge is 1.92. The molecule has 0 radical (unpaired) electrons. The van der Waals surface area contributed by atoms with Crippen molar-refractivity contribution < 1.29 is 0 Å². The highest BCUT2D eigenvalue weighted by molar-refractivity contribution is 5.47. The van der Waals surface area contributed by atoms with Crippen LogP contribution in [0.1, 0.15) is 18.9 Å². The number of rotatable bonds is 4. The standard InChI is InChI=1S/C12H14N2/c1-10(2)7-8-14-12-5-3-11(9-13)4-6-12/h3-6,14H,1,7-8H2,2H3. The zero-order chi connectivity index (χ0) is 10.4. The molecule has 1 aromatic carbocycles. The minimum Gasteiger partial charge on any atom is -0.385 e. The summed E-state index contributed by atoms with van der Waals surface area (Å²) < 4.78 is 0. The monoisotopic (exact) mass is 186 g/mol. The molecule has 0 bridgehead atoms. The predicted octanol–water partition coefficient (Wildman–Crippen LogP) is 2.94. The zero-order valence-corrected chi connectivity index (χ0v) is 8.38. The first-order chi connectivity index (χ1) is 6.72. The lowest BCUT2D eigenvalue weighted by Gasteiger charge is -2.05. The summed E-state index contributed by atoms with van der Waals surface area (Å²) >= 11 is 0. The maximum absolute atomic E-state index is 8.60. The van der Waals surface area contributed by atoms with E-state index in [4.69, 9.17) is 5.26 Å². The van der Waals surface area contributed by atoms with Crippen molar-refractivity contribution >= 4 is 5.69 Å². The third-order valence-electron chi connectivity index (χ3n) is 1.89. The van der Waals surface area contributed by atoms with Crippen LogP contribution in [0.25, 0.3) is 0 Å². The van der Waals surface area contributed by atoms with Gasteiger partial charge in [0.15, 0.2) is 0 Å². The molecule has 0 aliphatic rings. The first-order valence-electron chi connectivity index (χ1n) is 4.61. The summed E-state index contributed by atoms with van der Waals surface area (Å²) in [5.74, 6) is 0. The van der Waals surface area contributed by atoms with Crippen LogP contribution in [0.2, 0.25) is 0 Å². The molecule has 0 saturated carbocycles. The van der Waals surface area contributed by atoms with Crippen LogP contribution < -0.4 is 5.32 Å². The molecule has 1 N–H and O–H groups in total. The van der Waals surface area contributed by atoms with Gasteiger partial charge in [0.1, 0.15) is 0 Å². The van der Waals surface area contributed by atoms with E-state index < -0.39 is 0 Å². The van der Waals surface area contributed by atoms with E-state index in [1.165, 1.54) is 5.57 Å². The topological polar surface area (TPSA) is 35.8 Å². The van der Waals surface area contributed by atoms with Gasteiger partial charge in [0.05, 0.1) is 11.6 Å². The lowest BCUT2D eigenvalue weighted by Crippen LogP contribution is -2.01. The maximum Gasteiger partial charge on any atom is 0.0991 e. The number of nitrogens with one attached hydrogen (secondary N) is 1. The number of anilines is 1. The van der Waals surface area contributed by atoms with E-state index in [0.29, 0.717) is 5.56 Å². The van der Waals surface area contributed by atoms with Crippen molar-refractivity contribution in [2.75, 3.05) is 11.9 Å². The van der Waals surface area contributed by atoms with Gasteiger partial charge in [0.25, 0.3) is 0 Å². The molecular weight excluding hydrogens is 172 g/mol. The van der Waals surface area contributed by atoms with Crippen LogP contribution in [-0.2, 0) is 0 Å². The first kappa shape index (κ1) is 10.3. The Balaban J connectivity index is 2.45. The Morgan fingerprint density at radius 3 is 2.57 bits per heavy atom. The molecule has 14 heavy (non-hydrogen) atoms. The van der Waals surface area contributed by atoms with Gasteiger partial charge in [-0.1, -0.05) is 5.57 Å². The van der Waals surface area contributed by atoms with Gasteiger partial charge in [-0.25, -0.2) is 0 Å². The molecule has 1 rings (SSSR count). The highest BCUT2D eigenvalue weighted by Crippen LogP contribution is 2.09. The van der Waals surface area contributed by atoms with E-state index in [2.05, 4.69) is 18.0 Å². The van der Waals surface area contributed by atoms with Crippen LogP contribution in [0, 0.1) is 11.3 Å². The number of hydrogen-bond donors (Lipinski definition) is 1.